The van der Waals surface area contributed by atoms with Crippen LogP contribution < -0.4 is 5.32 Å². The zero-order chi connectivity index (χ0) is 18.1. The summed E-state index contributed by atoms with van der Waals surface area (Å²) in [5, 5.41) is 13.4. The standard InChI is InChI=1S/C18H21ClNO4P/c1-18(2)11-23-25(22,24-12-18)17(13-3-9-16(21)10-4-13)20-15-7-5-14(19)6-8-15/h3-10,17,20-21H,11-12H2,1-2H3/t17-/m1/s1. The van der Waals surface area contributed by atoms with Gasteiger partial charge in [0.05, 0.1) is 13.2 Å². The molecule has 0 radical (unpaired) electrons. The number of nitrogens with one attached hydrogen (secondary N) is 1. The van der Waals surface area contributed by atoms with Gasteiger partial charge in [-0.3, -0.25) is 4.57 Å². The molecule has 25 heavy (non-hydrogen) atoms. The number of halogens is 1. The smallest absolute Gasteiger partial charge is 0.357 e. The van der Waals surface area contributed by atoms with Gasteiger partial charge in [0.1, 0.15) is 5.75 Å². The third-order valence-electron chi connectivity index (χ3n) is 3.94. The van der Waals surface area contributed by atoms with Crippen molar-refractivity contribution in [2.75, 3.05) is 18.5 Å². The molecule has 1 aliphatic heterocycles. The molecule has 3 rings (SSSR count). The number of benzene rings is 2. The zero-order valence-corrected chi connectivity index (χ0v) is 15.8. The van der Waals surface area contributed by atoms with Crippen LogP contribution in [0.2, 0.25) is 5.02 Å². The van der Waals surface area contributed by atoms with Crippen LogP contribution in [0.25, 0.3) is 0 Å². The molecule has 1 aliphatic rings. The van der Waals surface area contributed by atoms with Gasteiger partial charge in [-0.1, -0.05) is 37.6 Å². The minimum atomic E-state index is -3.44. The number of aromatic hydroxyl groups is 1. The maximum Gasteiger partial charge on any atom is 0.357 e. The minimum absolute atomic E-state index is 0.138. The van der Waals surface area contributed by atoms with Crippen molar-refractivity contribution >= 4 is 24.9 Å². The van der Waals surface area contributed by atoms with Crippen LogP contribution in [-0.2, 0) is 13.6 Å². The molecule has 0 spiro atoms. The number of hydrogen-bond acceptors (Lipinski definition) is 5. The van der Waals surface area contributed by atoms with Gasteiger partial charge >= 0.3 is 7.60 Å². The van der Waals surface area contributed by atoms with E-state index >= 15 is 0 Å². The van der Waals surface area contributed by atoms with Crippen LogP contribution in [0.5, 0.6) is 5.75 Å². The molecule has 1 saturated heterocycles. The van der Waals surface area contributed by atoms with E-state index in [1.165, 1.54) is 0 Å². The average Bonchev–Trinajstić information content (AvgIpc) is 2.58. The Morgan fingerprint density at radius 2 is 1.64 bits per heavy atom. The van der Waals surface area contributed by atoms with Crippen LogP contribution >= 0.6 is 19.2 Å². The van der Waals surface area contributed by atoms with E-state index in [0.29, 0.717) is 23.8 Å². The molecule has 2 N–H and O–H groups in total. The fourth-order valence-corrected chi connectivity index (χ4v) is 4.86. The molecule has 1 heterocycles. The second kappa shape index (κ2) is 7.00. The molecule has 0 amide bonds. The Bertz CT molecular complexity index is 763. The molecule has 134 valence electrons. The molecule has 0 saturated carbocycles. The first-order valence-corrected chi connectivity index (χ1v) is 9.96. The Morgan fingerprint density at radius 3 is 2.20 bits per heavy atom. The fourth-order valence-electron chi connectivity index (χ4n) is 2.46. The van der Waals surface area contributed by atoms with Crippen molar-refractivity contribution in [2.45, 2.75) is 19.6 Å². The molecule has 0 aromatic heterocycles. The molecule has 7 heteroatoms. The van der Waals surface area contributed by atoms with Crippen molar-refractivity contribution in [2.24, 2.45) is 5.41 Å². The number of anilines is 1. The van der Waals surface area contributed by atoms with Gasteiger partial charge in [-0.05, 0) is 42.0 Å². The van der Waals surface area contributed by atoms with E-state index in [2.05, 4.69) is 5.32 Å². The molecular formula is C18H21ClNO4P. The monoisotopic (exact) mass is 381 g/mol. The lowest BCUT2D eigenvalue weighted by Gasteiger charge is -2.38. The lowest BCUT2D eigenvalue weighted by atomic mass is 9.97. The van der Waals surface area contributed by atoms with Crippen LogP contribution in [0, 0.1) is 5.41 Å². The molecular weight excluding hydrogens is 361 g/mol. The van der Waals surface area contributed by atoms with Gasteiger partial charge in [0.15, 0.2) is 5.78 Å². The van der Waals surface area contributed by atoms with Crippen LogP contribution in [0.4, 0.5) is 5.69 Å². The topological polar surface area (TPSA) is 67.8 Å². The second-order valence-corrected chi connectivity index (χ2v) is 9.45. The average molecular weight is 382 g/mol. The number of hydrogen-bond donors (Lipinski definition) is 2. The highest BCUT2D eigenvalue weighted by Gasteiger charge is 2.43. The number of phenolic OH excluding ortho intramolecular Hbond substituents is 1. The Hall–Kier alpha value is -1.52. The summed E-state index contributed by atoms with van der Waals surface area (Å²) in [6, 6.07) is 13.6. The molecule has 1 atom stereocenters. The molecule has 2 aromatic carbocycles. The van der Waals surface area contributed by atoms with Crippen molar-refractivity contribution in [3.05, 3.63) is 59.1 Å². The van der Waals surface area contributed by atoms with Crippen LogP contribution in [-0.4, -0.2) is 18.3 Å². The first-order valence-electron chi connectivity index (χ1n) is 7.97. The molecule has 0 aliphatic carbocycles. The Morgan fingerprint density at radius 1 is 1.08 bits per heavy atom. The lowest BCUT2D eigenvalue weighted by Crippen LogP contribution is -2.31. The molecule has 2 aromatic rings. The summed E-state index contributed by atoms with van der Waals surface area (Å²) >= 11 is 5.93. The molecule has 1 fully saturated rings. The third kappa shape index (κ3) is 4.36. The van der Waals surface area contributed by atoms with E-state index in [-0.39, 0.29) is 11.2 Å². The molecule has 0 bridgehead atoms. The highest BCUT2D eigenvalue weighted by Crippen LogP contribution is 2.64. The Kier molecular flexibility index (Phi) is 5.12. The quantitative estimate of drug-likeness (QED) is 0.692. The van der Waals surface area contributed by atoms with Gasteiger partial charge in [0, 0.05) is 16.1 Å². The second-order valence-electron chi connectivity index (χ2n) is 6.90. The van der Waals surface area contributed by atoms with E-state index in [1.54, 1.807) is 48.5 Å². The normalized spacial score (nSPS) is 20.0. The highest BCUT2D eigenvalue weighted by molar-refractivity contribution is 7.54. The van der Waals surface area contributed by atoms with Crippen LogP contribution in [0.3, 0.4) is 0 Å². The van der Waals surface area contributed by atoms with Gasteiger partial charge in [0.2, 0.25) is 0 Å². The lowest BCUT2D eigenvalue weighted by molar-refractivity contribution is 0.0387. The third-order valence-corrected chi connectivity index (χ3v) is 6.23. The van der Waals surface area contributed by atoms with Gasteiger partial charge in [-0.25, -0.2) is 0 Å². The van der Waals surface area contributed by atoms with Crippen LogP contribution in [0.15, 0.2) is 48.5 Å². The minimum Gasteiger partial charge on any atom is -0.508 e. The van der Waals surface area contributed by atoms with Gasteiger partial charge < -0.3 is 19.5 Å². The zero-order valence-electron chi connectivity index (χ0n) is 14.1. The largest absolute Gasteiger partial charge is 0.508 e. The van der Waals surface area contributed by atoms with E-state index < -0.39 is 13.4 Å². The summed E-state index contributed by atoms with van der Waals surface area (Å²) in [5.41, 5.74) is 1.26. The number of phenols is 1. The van der Waals surface area contributed by atoms with Crippen molar-refractivity contribution in [3.63, 3.8) is 0 Å². The first-order chi connectivity index (χ1) is 11.8. The van der Waals surface area contributed by atoms with Crippen molar-refractivity contribution < 1.29 is 18.7 Å². The van der Waals surface area contributed by atoms with Gasteiger partial charge in [0.25, 0.3) is 0 Å². The number of rotatable bonds is 4. The van der Waals surface area contributed by atoms with Crippen molar-refractivity contribution in [1.29, 1.82) is 0 Å². The van der Waals surface area contributed by atoms with Gasteiger partial charge in [-0.15, -0.1) is 0 Å². The summed E-state index contributed by atoms with van der Waals surface area (Å²) in [4.78, 5) is 0. The summed E-state index contributed by atoms with van der Waals surface area (Å²) in [6.45, 7) is 4.69. The first kappa shape index (κ1) is 18.3. The van der Waals surface area contributed by atoms with Crippen molar-refractivity contribution in [1.82, 2.24) is 0 Å². The van der Waals surface area contributed by atoms with E-state index in [4.69, 9.17) is 20.6 Å². The van der Waals surface area contributed by atoms with E-state index in [9.17, 15) is 9.67 Å². The Labute approximate surface area is 152 Å². The highest BCUT2D eigenvalue weighted by atomic mass is 35.5. The van der Waals surface area contributed by atoms with E-state index in [1.807, 2.05) is 13.8 Å². The predicted octanol–water partition coefficient (Wildman–Crippen LogP) is 5.42. The van der Waals surface area contributed by atoms with Crippen LogP contribution in [0.1, 0.15) is 25.2 Å². The van der Waals surface area contributed by atoms with Crippen molar-refractivity contribution in [3.8, 4) is 5.75 Å². The summed E-state index contributed by atoms with van der Waals surface area (Å²) in [6.07, 6.45) is 0. The molecule has 0 unspecified atom stereocenters. The fraction of sp³-hybridized carbons (Fsp3) is 0.333. The molecule has 5 nitrogen and oxygen atoms in total. The Balaban J connectivity index is 1.92. The maximum absolute atomic E-state index is 13.4. The maximum atomic E-state index is 13.4. The van der Waals surface area contributed by atoms with E-state index in [0.717, 1.165) is 5.69 Å². The summed E-state index contributed by atoms with van der Waals surface area (Å²) in [7, 11) is -3.44. The summed E-state index contributed by atoms with van der Waals surface area (Å²) in [5.74, 6) is -0.552. The SMILES string of the molecule is CC1(C)COP(=O)([C@@H](Nc2ccc(Cl)cc2)c2ccc(O)cc2)OC1. The predicted molar refractivity (Wildman–Crippen MR) is 99.2 cm³/mol. The summed E-state index contributed by atoms with van der Waals surface area (Å²) < 4.78 is 24.8. The van der Waals surface area contributed by atoms with Gasteiger partial charge in [-0.2, -0.15) is 0 Å².